The largest absolute Gasteiger partial charge is 0.497 e. The van der Waals surface area contributed by atoms with Gasteiger partial charge in [0.15, 0.2) is 0 Å². The fourth-order valence-corrected chi connectivity index (χ4v) is 3.02. The van der Waals surface area contributed by atoms with Gasteiger partial charge in [0, 0.05) is 19.2 Å². The highest BCUT2D eigenvalue weighted by atomic mass is 16.5. The van der Waals surface area contributed by atoms with E-state index in [9.17, 15) is 9.59 Å². The molecular weight excluding hydrogens is 310 g/mol. The zero-order valence-corrected chi connectivity index (χ0v) is 14.7. The minimum absolute atomic E-state index is 0.0276. The first-order valence-electron chi connectivity index (χ1n) is 8.15. The molecule has 1 amide bonds. The van der Waals surface area contributed by atoms with Crippen LogP contribution < -0.4 is 0 Å². The predicted octanol–water partition coefficient (Wildman–Crippen LogP) is 2.03. The zero-order chi connectivity index (χ0) is 17.7. The molecule has 2 unspecified atom stereocenters. The van der Waals surface area contributed by atoms with E-state index in [1.807, 2.05) is 18.2 Å². The molecule has 24 heavy (non-hydrogen) atoms. The number of esters is 1. The minimum Gasteiger partial charge on any atom is -0.497 e. The van der Waals surface area contributed by atoms with E-state index in [0.29, 0.717) is 37.6 Å². The van der Waals surface area contributed by atoms with Crippen LogP contribution in [0.2, 0.25) is 0 Å². The van der Waals surface area contributed by atoms with Gasteiger partial charge < -0.3 is 19.1 Å². The average molecular weight is 335 g/mol. The van der Waals surface area contributed by atoms with Crippen LogP contribution in [-0.4, -0.2) is 50.7 Å². The Morgan fingerprint density at radius 1 is 1.33 bits per heavy atom. The van der Waals surface area contributed by atoms with Gasteiger partial charge in [-0.1, -0.05) is 13.0 Å². The summed E-state index contributed by atoms with van der Waals surface area (Å²) >= 11 is 0. The molecule has 0 aromatic heterocycles. The minimum atomic E-state index is -0.407. The molecule has 1 aliphatic heterocycles. The van der Waals surface area contributed by atoms with Gasteiger partial charge in [-0.15, -0.1) is 0 Å². The Labute approximate surface area is 142 Å². The molecule has 1 fully saturated rings. The monoisotopic (exact) mass is 335 g/mol. The number of amides is 1. The number of methoxy groups -OCH3 is 2. The lowest BCUT2D eigenvalue weighted by atomic mass is 9.98. The molecule has 6 nitrogen and oxygen atoms in total. The number of carbonyl (C=O) groups excluding carboxylic acids is 2. The van der Waals surface area contributed by atoms with E-state index in [1.54, 1.807) is 33.0 Å². The van der Waals surface area contributed by atoms with Crippen LogP contribution in [-0.2, 0) is 23.8 Å². The highest BCUT2D eigenvalue weighted by Gasteiger charge is 2.42. The first-order valence-corrected chi connectivity index (χ1v) is 8.15. The van der Waals surface area contributed by atoms with Gasteiger partial charge >= 0.3 is 5.97 Å². The summed E-state index contributed by atoms with van der Waals surface area (Å²) in [6.07, 6.45) is 6.33. The molecule has 0 saturated carbocycles. The van der Waals surface area contributed by atoms with Crippen molar-refractivity contribution >= 4 is 11.9 Å². The van der Waals surface area contributed by atoms with Crippen LogP contribution in [0.15, 0.2) is 35.3 Å². The Hall–Kier alpha value is -2.24. The number of allylic oxidation sites excluding steroid dienone is 3. The second-order valence-corrected chi connectivity index (χ2v) is 5.90. The van der Waals surface area contributed by atoms with Crippen molar-refractivity contribution in [2.24, 2.45) is 11.8 Å². The maximum atomic E-state index is 12.5. The zero-order valence-electron chi connectivity index (χ0n) is 14.7. The smallest absolute Gasteiger partial charge is 0.311 e. The number of hydrogen-bond acceptors (Lipinski definition) is 5. The maximum absolute atomic E-state index is 12.5. The molecule has 0 aromatic rings. The number of carbonyl (C=O) groups is 2. The third-order valence-corrected chi connectivity index (χ3v) is 4.42. The summed E-state index contributed by atoms with van der Waals surface area (Å²) in [5.41, 5.74) is 0.978. The molecule has 2 aliphatic rings. The van der Waals surface area contributed by atoms with Crippen molar-refractivity contribution in [3.63, 3.8) is 0 Å². The molecule has 0 bridgehead atoms. The Kier molecular flexibility index (Phi) is 6.06. The number of hydrogen-bond donors (Lipinski definition) is 0. The van der Waals surface area contributed by atoms with Gasteiger partial charge in [-0.05, 0) is 25.0 Å². The summed E-state index contributed by atoms with van der Waals surface area (Å²) in [4.78, 5) is 26.2. The number of rotatable bonds is 6. The van der Waals surface area contributed by atoms with E-state index in [1.165, 1.54) is 0 Å². The molecule has 6 heteroatoms. The molecule has 0 aromatic carbocycles. The van der Waals surface area contributed by atoms with Crippen molar-refractivity contribution in [2.45, 2.75) is 20.3 Å². The SMILES string of the molecule is CCOC(=O)C1CN(CC2=C(OC)C=C(OC)C=CC2)C(=O)C1C. The second kappa shape index (κ2) is 8.04. The van der Waals surface area contributed by atoms with Gasteiger partial charge in [0.1, 0.15) is 11.5 Å². The Balaban J connectivity index is 2.16. The van der Waals surface area contributed by atoms with Crippen LogP contribution >= 0.6 is 0 Å². The average Bonchev–Trinajstić information content (AvgIpc) is 2.75. The molecule has 0 N–H and O–H groups in total. The number of nitrogens with zero attached hydrogens (tertiary/aromatic N) is 1. The fourth-order valence-electron chi connectivity index (χ4n) is 3.02. The summed E-state index contributed by atoms with van der Waals surface area (Å²) < 4.78 is 15.8. The van der Waals surface area contributed by atoms with Crippen LogP contribution in [0.3, 0.4) is 0 Å². The first kappa shape index (κ1) is 18.1. The lowest BCUT2D eigenvalue weighted by Crippen LogP contribution is -2.29. The molecule has 0 spiro atoms. The van der Waals surface area contributed by atoms with Gasteiger partial charge in [-0.2, -0.15) is 0 Å². The molecular formula is C18H25NO5. The van der Waals surface area contributed by atoms with Crippen molar-refractivity contribution in [3.05, 3.63) is 35.3 Å². The molecule has 0 radical (unpaired) electrons. The van der Waals surface area contributed by atoms with E-state index in [0.717, 1.165) is 5.57 Å². The van der Waals surface area contributed by atoms with E-state index >= 15 is 0 Å². The maximum Gasteiger partial charge on any atom is 0.311 e. The van der Waals surface area contributed by atoms with Gasteiger partial charge in [-0.3, -0.25) is 9.59 Å². The van der Waals surface area contributed by atoms with Crippen LogP contribution in [0.1, 0.15) is 20.3 Å². The van der Waals surface area contributed by atoms with Crippen LogP contribution in [0.5, 0.6) is 0 Å². The van der Waals surface area contributed by atoms with E-state index in [-0.39, 0.29) is 17.8 Å². The third kappa shape index (κ3) is 3.80. The van der Waals surface area contributed by atoms with Gasteiger partial charge in [0.05, 0.1) is 32.7 Å². The Morgan fingerprint density at radius 3 is 2.71 bits per heavy atom. The van der Waals surface area contributed by atoms with E-state index in [4.69, 9.17) is 14.2 Å². The Morgan fingerprint density at radius 2 is 2.08 bits per heavy atom. The van der Waals surface area contributed by atoms with Gasteiger partial charge in [0.2, 0.25) is 5.91 Å². The lowest BCUT2D eigenvalue weighted by molar-refractivity contribution is -0.149. The molecule has 2 rings (SSSR count). The molecule has 132 valence electrons. The predicted molar refractivity (Wildman–Crippen MR) is 88.8 cm³/mol. The standard InChI is InChI=1S/C18H25NO5/c1-5-24-18(21)15-11-19(17(20)12(15)2)10-13-7-6-8-14(22-3)9-16(13)23-4/h6,8-9,12,15H,5,7,10-11H2,1-4H3. The van der Waals surface area contributed by atoms with Crippen molar-refractivity contribution < 1.29 is 23.8 Å². The molecule has 1 heterocycles. The highest BCUT2D eigenvalue weighted by Crippen LogP contribution is 2.28. The third-order valence-electron chi connectivity index (χ3n) is 4.42. The number of likely N-dealkylation sites (tertiary alicyclic amines) is 1. The van der Waals surface area contributed by atoms with Crippen molar-refractivity contribution in [1.29, 1.82) is 0 Å². The fraction of sp³-hybridized carbons (Fsp3) is 0.556. The van der Waals surface area contributed by atoms with Crippen LogP contribution in [0, 0.1) is 11.8 Å². The quantitative estimate of drug-likeness (QED) is 0.695. The topological polar surface area (TPSA) is 65.1 Å². The molecule has 1 saturated heterocycles. The summed E-state index contributed by atoms with van der Waals surface area (Å²) in [5, 5.41) is 0. The highest BCUT2D eigenvalue weighted by molar-refractivity contribution is 5.89. The summed E-state index contributed by atoms with van der Waals surface area (Å²) in [6.45, 7) is 4.68. The Bertz CT molecular complexity index is 590. The second-order valence-electron chi connectivity index (χ2n) is 5.90. The number of ether oxygens (including phenoxy) is 3. The lowest BCUT2D eigenvalue weighted by Gasteiger charge is -2.19. The van der Waals surface area contributed by atoms with Crippen molar-refractivity contribution in [2.75, 3.05) is 33.9 Å². The summed E-state index contributed by atoms with van der Waals surface area (Å²) in [6, 6.07) is 0. The van der Waals surface area contributed by atoms with Crippen molar-refractivity contribution in [1.82, 2.24) is 4.90 Å². The summed E-state index contributed by atoms with van der Waals surface area (Å²) in [5.74, 6) is 0.297. The summed E-state index contributed by atoms with van der Waals surface area (Å²) in [7, 11) is 3.20. The normalized spacial score (nSPS) is 23.9. The van der Waals surface area contributed by atoms with E-state index < -0.39 is 5.92 Å². The van der Waals surface area contributed by atoms with Crippen LogP contribution in [0.25, 0.3) is 0 Å². The molecule has 2 atom stereocenters. The van der Waals surface area contributed by atoms with Gasteiger partial charge in [-0.25, -0.2) is 0 Å². The van der Waals surface area contributed by atoms with E-state index in [2.05, 4.69) is 0 Å². The molecule has 1 aliphatic carbocycles. The van der Waals surface area contributed by atoms with Crippen molar-refractivity contribution in [3.8, 4) is 0 Å². The first-order chi connectivity index (χ1) is 11.5. The van der Waals surface area contributed by atoms with Gasteiger partial charge in [0.25, 0.3) is 0 Å². The van der Waals surface area contributed by atoms with Crippen LogP contribution in [0.4, 0.5) is 0 Å².